The Morgan fingerprint density at radius 2 is 2.18 bits per heavy atom. The lowest BCUT2D eigenvalue weighted by Crippen LogP contribution is -2.50. The van der Waals surface area contributed by atoms with Gasteiger partial charge in [0.1, 0.15) is 5.54 Å². The van der Waals surface area contributed by atoms with Crippen molar-refractivity contribution in [1.82, 2.24) is 10.2 Å². The van der Waals surface area contributed by atoms with Crippen LogP contribution in [0, 0.1) is 17.2 Å². The monoisotopic (exact) mass is 235 g/mol. The van der Waals surface area contributed by atoms with E-state index in [2.05, 4.69) is 30.1 Å². The molecule has 1 heterocycles. The Morgan fingerprint density at radius 3 is 2.76 bits per heavy atom. The summed E-state index contributed by atoms with van der Waals surface area (Å²) < 4.78 is 0. The molecule has 2 fully saturated rings. The second kappa shape index (κ2) is 5.37. The lowest BCUT2D eigenvalue weighted by atomic mass is 10.0. The summed E-state index contributed by atoms with van der Waals surface area (Å²) in [6, 6.07) is 3.08. The van der Waals surface area contributed by atoms with Gasteiger partial charge in [-0.1, -0.05) is 13.3 Å². The molecule has 2 rings (SSSR count). The van der Waals surface area contributed by atoms with Crippen LogP contribution in [0.25, 0.3) is 0 Å². The summed E-state index contributed by atoms with van der Waals surface area (Å²) in [7, 11) is 0. The van der Waals surface area contributed by atoms with Crippen molar-refractivity contribution in [1.29, 1.82) is 5.26 Å². The van der Waals surface area contributed by atoms with Crippen molar-refractivity contribution >= 4 is 0 Å². The van der Waals surface area contributed by atoms with E-state index in [4.69, 9.17) is 0 Å². The predicted molar refractivity (Wildman–Crippen MR) is 69.6 cm³/mol. The first kappa shape index (κ1) is 12.9. The number of rotatable bonds is 6. The van der Waals surface area contributed by atoms with E-state index in [1.807, 2.05) is 0 Å². The second-order valence-corrected chi connectivity index (χ2v) is 6.04. The molecule has 1 aliphatic carbocycles. The van der Waals surface area contributed by atoms with Gasteiger partial charge in [-0.3, -0.25) is 5.32 Å². The van der Waals surface area contributed by atoms with Gasteiger partial charge in [-0.15, -0.1) is 0 Å². The van der Waals surface area contributed by atoms with Gasteiger partial charge in [-0.05, 0) is 45.1 Å². The van der Waals surface area contributed by atoms with E-state index in [1.165, 1.54) is 45.2 Å². The Kier molecular flexibility index (Phi) is 4.06. The topological polar surface area (TPSA) is 39.1 Å². The number of nitrogens with one attached hydrogen (secondary N) is 1. The third kappa shape index (κ3) is 3.69. The fourth-order valence-corrected chi connectivity index (χ4v) is 2.94. The van der Waals surface area contributed by atoms with Crippen molar-refractivity contribution in [2.24, 2.45) is 5.92 Å². The first-order valence-corrected chi connectivity index (χ1v) is 7.06. The molecule has 3 heteroatoms. The molecule has 2 unspecified atom stereocenters. The normalized spacial score (nSPS) is 28.9. The number of nitriles is 1. The summed E-state index contributed by atoms with van der Waals surface area (Å²) in [5.74, 6) is 0.865. The van der Waals surface area contributed by atoms with Crippen LogP contribution in [0.2, 0.25) is 0 Å². The van der Waals surface area contributed by atoms with Crippen molar-refractivity contribution in [2.45, 2.75) is 57.5 Å². The van der Waals surface area contributed by atoms with E-state index in [9.17, 15) is 5.26 Å². The molecule has 0 aromatic rings. The highest BCUT2D eigenvalue weighted by Gasteiger charge is 2.35. The highest BCUT2D eigenvalue weighted by Crippen LogP contribution is 2.25. The van der Waals surface area contributed by atoms with Gasteiger partial charge in [0.15, 0.2) is 0 Å². The minimum Gasteiger partial charge on any atom is -0.300 e. The summed E-state index contributed by atoms with van der Waals surface area (Å²) >= 11 is 0. The minimum atomic E-state index is -0.345. The Balaban J connectivity index is 1.80. The molecule has 1 N–H and O–H groups in total. The molecule has 17 heavy (non-hydrogen) atoms. The van der Waals surface area contributed by atoms with Crippen LogP contribution in [0.3, 0.4) is 0 Å². The fourth-order valence-electron chi connectivity index (χ4n) is 2.94. The van der Waals surface area contributed by atoms with Crippen molar-refractivity contribution in [2.75, 3.05) is 19.6 Å². The molecule has 0 bridgehead atoms. The molecule has 96 valence electrons. The number of likely N-dealkylation sites (tertiary alicyclic amines) is 1. The van der Waals surface area contributed by atoms with Gasteiger partial charge in [-0.25, -0.2) is 0 Å². The number of hydrogen-bond acceptors (Lipinski definition) is 3. The summed E-state index contributed by atoms with van der Waals surface area (Å²) in [5.41, 5.74) is -0.345. The van der Waals surface area contributed by atoms with Crippen LogP contribution in [0.1, 0.15) is 46.0 Å². The van der Waals surface area contributed by atoms with Gasteiger partial charge >= 0.3 is 0 Å². The summed E-state index contributed by atoms with van der Waals surface area (Å²) in [6.07, 6.45) is 6.44. The summed E-state index contributed by atoms with van der Waals surface area (Å²) in [4.78, 5) is 2.47. The number of nitrogens with zero attached hydrogens (tertiary/aromatic N) is 2. The average Bonchev–Trinajstić information content (AvgIpc) is 2.99. The molecule has 0 aromatic carbocycles. The Bertz CT molecular complexity index is 292. The third-order valence-electron chi connectivity index (χ3n) is 3.95. The maximum atomic E-state index is 9.35. The fraction of sp³-hybridized carbons (Fsp3) is 0.929. The molecule has 1 saturated heterocycles. The molecular formula is C14H25N3. The first-order chi connectivity index (χ1) is 8.15. The van der Waals surface area contributed by atoms with Crippen LogP contribution >= 0.6 is 0 Å². The lowest BCUT2D eigenvalue weighted by molar-refractivity contribution is 0.250. The smallest absolute Gasteiger partial charge is 0.116 e. The SMILES string of the molecule is CCCC1CCN(CC(C)(C#N)NC2CC2)C1. The second-order valence-electron chi connectivity index (χ2n) is 6.04. The molecular weight excluding hydrogens is 210 g/mol. The van der Waals surface area contributed by atoms with Crippen LogP contribution in [0.15, 0.2) is 0 Å². The van der Waals surface area contributed by atoms with Crippen LogP contribution < -0.4 is 5.32 Å². The molecule has 2 atom stereocenters. The Hall–Kier alpha value is -0.590. The molecule has 1 aliphatic heterocycles. The van der Waals surface area contributed by atoms with Gasteiger partial charge in [0.2, 0.25) is 0 Å². The van der Waals surface area contributed by atoms with Crippen molar-refractivity contribution in [3.05, 3.63) is 0 Å². The van der Waals surface area contributed by atoms with Crippen LogP contribution in [0.4, 0.5) is 0 Å². The Labute approximate surface area is 105 Å². The Morgan fingerprint density at radius 1 is 1.41 bits per heavy atom. The minimum absolute atomic E-state index is 0.345. The first-order valence-electron chi connectivity index (χ1n) is 7.06. The summed E-state index contributed by atoms with van der Waals surface area (Å²) in [6.45, 7) is 7.57. The zero-order chi connectivity index (χ0) is 12.3. The third-order valence-corrected chi connectivity index (χ3v) is 3.95. The highest BCUT2D eigenvalue weighted by atomic mass is 15.2. The summed E-state index contributed by atoms with van der Waals surface area (Å²) in [5, 5.41) is 12.8. The lowest BCUT2D eigenvalue weighted by Gasteiger charge is -2.29. The molecule has 2 aliphatic rings. The predicted octanol–water partition coefficient (Wildman–Crippen LogP) is 2.14. The van der Waals surface area contributed by atoms with E-state index >= 15 is 0 Å². The number of hydrogen-bond donors (Lipinski definition) is 1. The van der Waals surface area contributed by atoms with Gasteiger partial charge in [0, 0.05) is 19.1 Å². The van der Waals surface area contributed by atoms with E-state index < -0.39 is 0 Å². The van der Waals surface area contributed by atoms with Crippen LogP contribution in [0.5, 0.6) is 0 Å². The standard InChI is InChI=1S/C14H25N3/c1-3-4-12-7-8-17(9-12)11-14(2,10-15)16-13-5-6-13/h12-13,16H,3-9,11H2,1-2H3. The van der Waals surface area contributed by atoms with E-state index in [0.29, 0.717) is 6.04 Å². The van der Waals surface area contributed by atoms with Gasteiger partial charge in [-0.2, -0.15) is 5.26 Å². The van der Waals surface area contributed by atoms with Crippen molar-refractivity contribution in [3.8, 4) is 6.07 Å². The zero-order valence-electron chi connectivity index (χ0n) is 11.2. The van der Waals surface area contributed by atoms with Crippen LogP contribution in [-0.4, -0.2) is 36.1 Å². The van der Waals surface area contributed by atoms with E-state index in [-0.39, 0.29) is 5.54 Å². The van der Waals surface area contributed by atoms with Crippen molar-refractivity contribution < 1.29 is 0 Å². The highest BCUT2D eigenvalue weighted by molar-refractivity contribution is 5.09. The molecule has 0 spiro atoms. The quantitative estimate of drug-likeness (QED) is 0.766. The largest absolute Gasteiger partial charge is 0.300 e. The van der Waals surface area contributed by atoms with Gasteiger partial charge < -0.3 is 4.90 Å². The van der Waals surface area contributed by atoms with E-state index in [0.717, 1.165) is 12.5 Å². The molecule has 3 nitrogen and oxygen atoms in total. The maximum absolute atomic E-state index is 9.35. The van der Waals surface area contributed by atoms with Crippen molar-refractivity contribution in [3.63, 3.8) is 0 Å². The van der Waals surface area contributed by atoms with Gasteiger partial charge in [0.25, 0.3) is 0 Å². The maximum Gasteiger partial charge on any atom is 0.116 e. The average molecular weight is 235 g/mol. The molecule has 0 amide bonds. The van der Waals surface area contributed by atoms with Gasteiger partial charge in [0.05, 0.1) is 6.07 Å². The zero-order valence-corrected chi connectivity index (χ0v) is 11.2. The molecule has 1 saturated carbocycles. The van der Waals surface area contributed by atoms with Crippen LogP contribution in [-0.2, 0) is 0 Å². The molecule has 0 radical (unpaired) electrons. The molecule has 0 aromatic heterocycles. The van der Waals surface area contributed by atoms with E-state index in [1.54, 1.807) is 0 Å².